The monoisotopic (exact) mass is 409 g/mol. The fraction of sp³-hybridized carbons (Fsp3) is 0.200. The van der Waals surface area contributed by atoms with Gasteiger partial charge in [0.15, 0.2) is 0 Å². The van der Waals surface area contributed by atoms with E-state index in [1.165, 1.54) is 11.3 Å². The second-order valence-electron chi connectivity index (χ2n) is 6.91. The molecule has 1 fully saturated rings. The number of rotatable bonds is 3. The number of carbonyl (C=O) groups is 1. The van der Waals surface area contributed by atoms with E-state index < -0.39 is 5.38 Å². The predicted octanol–water partition coefficient (Wildman–Crippen LogP) is 3.95. The van der Waals surface area contributed by atoms with Gasteiger partial charge in [0.25, 0.3) is 0 Å². The van der Waals surface area contributed by atoms with Crippen molar-refractivity contribution in [2.24, 2.45) is 0 Å². The van der Waals surface area contributed by atoms with E-state index in [4.69, 9.17) is 11.6 Å². The van der Waals surface area contributed by atoms with Crippen molar-refractivity contribution in [3.63, 3.8) is 0 Å². The summed E-state index contributed by atoms with van der Waals surface area (Å²) in [5, 5.41) is 10.3. The highest BCUT2D eigenvalue weighted by atomic mass is 35.5. The average molecular weight is 410 g/mol. The van der Waals surface area contributed by atoms with Gasteiger partial charge in [0.05, 0.1) is 11.6 Å². The summed E-state index contributed by atoms with van der Waals surface area (Å²) < 4.78 is 0. The maximum absolute atomic E-state index is 12.5. The summed E-state index contributed by atoms with van der Waals surface area (Å²) in [5.74, 6) is -0.163. The Morgan fingerprint density at radius 3 is 2.57 bits per heavy atom. The third-order valence-electron chi connectivity index (χ3n) is 4.99. The molecule has 2 aromatic rings. The first-order valence-electron chi connectivity index (χ1n) is 8.81. The first-order chi connectivity index (χ1) is 13.5. The number of para-hydroxylation sites is 1. The van der Waals surface area contributed by atoms with E-state index in [-0.39, 0.29) is 11.9 Å². The molecule has 0 spiro atoms. The lowest BCUT2D eigenvalue weighted by atomic mass is 9.94. The zero-order chi connectivity index (χ0) is 19.4. The number of carbonyl (C=O) groups excluding carboxylic acids is 1. The third kappa shape index (κ3) is 2.54. The molecule has 28 heavy (non-hydrogen) atoms. The molecular weight excluding hydrogens is 394 g/mol. The first kappa shape index (κ1) is 17.3. The van der Waals surface area contributed by atoms with Crippen LogP contribution in [0.25, 0.3) is 21.6 Å². The first-order valence-corrected chi connectivity index (χ1v) is 10.1. The van der Waals surface area contributed by atoms with Crippen LogP contribution in [0.15, 0.2) is 48.5 Å². The second kappa shape index (κ2) is 6.39. The Balaban J connectivity index is 1.54. The van der Waals surface area contributed by atoms with E-state index >= 15 is 0 Å². The Morgan fingerprint density at radius 2 is 1.82 bits per heavy atom. The zero-order valence-corrected chi connectivity index (χ0v) is 16.8. The average Bonchev–Trinajstić information content (AvgIpc) is 3.09. The topological polar surface area (TPSA) is 62.2 Å². The molecule has 0 saturated carbocycles. The minimum Gasteiger partial charge on any atom is -0.378 e. The van der Waals surface area contributed by atoms with E-state index in [0.29, 0.717) is 5.13 Å². The quantitative estimate of drug-likeness (QED) is 0.378. The standard InChI is InChI=1S/C20H16ClN5OS/c1-25(2)12-9-7-11(8-10-12)17-15(21)19(27)26(17)20-24-23-16-13-5-3-4-6-14(13)22-18(16)28-20/h3-10,15,17H,1-2H3. The van der Waals surface area contributed by atoms with Crippen molar-refractivity contribution in [2.75, 3.05) is 23.9 Å². The van der Waals surface area contributed by atoms with Crippen molar-refractivity contribution < 1.29 is 4.79 Å². The molecule has 140 valence electrons. The highest BCUT2D eigenvalue weighted by Gasteiger charge is 2.49. The lowest BCUT2D eigenvalue weighted by molar-refractivity contribution is -0.123. The number of hydrogen-bond acceptors (Lipinski definition) is 6. The van der Waals surface area contributed by atoms with Crippen LogP contribution in [0.2, 0.25) is 0 Å². The Labute approximate surface area is 170 Å². The lowest BCUT2D eigenvalue weighted by Gasteiger charge is -2.43. The van der Waals surface area contributed by atoms with Gasteiger partial charge in [-0.25, -0.2) is 4.98 Å². The van der Waals surface area contributed by atoms with Crippen LogP contribution >= 0.6 is 22.9 Å². The molecule has 2 aromatic carbocycles. The molecule has 1 saturated heterocycles. The Kier molecular flexibility index (Phi) is 3.96. The molecule has 0 aromatic heterocycles. The van der Waals surface area contributed by atoms with Gasteiger partial charge in [0.1, 0.15) is 16.1 Å². The number of anilines is 2. The SMILES string of the molecule is CN(C)c1ccc(C2C(Cl)C(=O)N2c2nnc3c4ccccc4nc-3s2)cc1. The molecule has 0 aliphatic carbocycles. The van der Waals surface area contributed by atoms with Gasteiger partial charge in [-0.15, -0.1) is 21.8 Å². The molecule has 5 rings (SSSR count). The Bertz CT molecular complexity index is 1160. The van der Waals surface area contributed by atoms with Crippen LogP contribution < -0.4 is 9.80 Å². The molecule has 3 heterocycles. The summed E-state index contributed by atoms with van der Waals surface area (Å²) in [5.41, 5.74) is 3.69. The maximum Gasteiger partial charge on any atom is 0.250 e. The molecule has 8 heteroatoms. The van der Waals surface area contributed by atoms with Crippen molar-refractivity contribution in [2.45, 2.75) is 11.4 Å². The Hall–Kier alpha value is -2.77. The van der Waals surface area contributed by atoms with E-state index in [0.717, 1.165) is 32.9 Å². The van der Waals surface area contributed by atoms with Crippen LogP contribution in [0.1, 0.15) is 11.6 Å². The highest BCUT2D eigenvalue weighted by Crippen LogP contribution is 2.45. The number of nitrogens with zero attached hydrogens (tertiary/aromatic N) is 5. The second-order valence-corrected chi connectivity index (χ2v) is 8.33. The maximum atomic E-state index is 12.5. The van der Waals surface area contributed by atoms with Gasteiger partial charge in [-0.2, -0.15) is 0 Å². The van der Waals surface area contributed by atoms with Gasteiger partial charge in [0, 0.05) is 25.2 Å². The number of β-lactam (4-membered cyclic amide) rings is 1. The summed E-state index contributed by atoms with van der Waals surface area (Å²) in [4.78, 5) is 20.8. The predicted molar refractivity (Wildman–Crippen MR) is 112 cm³/mol. The number of benzene rings is 2. The van der Waals surface area contributed by atoms with Crippen LogP contribution in [0.3, 0.4) is 0 Å². The summed E-state index contributed by atoms with van der Waals surface area (Å²) in [6.07, 6.45) is 0. The smallest absolute Gasteiger partial charge is 0.250 e. The van der Waals surface area contributed by atoms with Crippen molar-refractivity contribution in [3.05, 3.63) is 54.1 Å². The van der Waals surface area contributed by atoms with Crippen LogP contribution in [0.4, 0.5) is 10.8 Å². The number of aromatic nitrogens is 3. The van der Waals surface area contributed by atoms with Crippen molar-refractivity contribution >= 4 is 50.6 Å². The largest absolute Gasteiger partial charge is 0.378 e. The van der Waals surface area contributed by atoms with Gasteiger partial charge < -0.3 is 4.90 Å². The highest BCUT2D eigenvalue weighted by molar-refractivity contribution is 7.18. The molecule has 2 atom stereocenters. The normalized spacial score (nSPS) is 19.2. The number of halogens is 1. The zero-order valence-electron chi connectivity index (χ0n) is 15.2. The molecule has 2 unspecified atom stereocenters. The van der Waals surface area contributed by atoms with Gasteiger partial charge in [-0.1, -0.05) is 41.7 Å². The third-order valence-corrected chi connectivity index (χ3v) is 6.36. The van der Waals surface area contributed by atoms with Gasteiger partial charge in [-0.3, -0.25) is 9.69 Å². The van der Waals surface area contributed by atoms with Crippen molar-refractivity contribution in [3.8, 4) is 10.7 Å². The fourth-order valence-corrected chi connectivity index (χ4v) is 4.78. The summed E-state index contributed by atoms with van der Waals surface area (Å²) in [7, 11) is 3.98. The summed E-state index contributed by atoms with van der Waals surface area (Å²) in [6.45, 7) is 0. The van der Waals surface area contributed by atoms with Gasteiger partial charge >= 0.3 is 0 Å². The summed E-state index contributed by atoms with van der Waals surface area (Å²) in [6, 6.07) is 15.6. The summed E-state index contributed by atoms with van der Waals surface area (Å²) >= 11 is 7.73. The Morgan fingerprint density at radius 1 is 1.07 bits per heavy atom. The van der Waals surface area contributed by atoms with Crippen LogP contribution in [0, 0.1) is 0 Å². The minimum absolute atomic E-state index is 0.163. The van der Waals surface area contributed by atoms with E-state index in [1.54, 1.807) is 4.90 Å². The van der Waals surface area contributed by atoms with Gasteiger partial charge in [0.2, 0.25) is 11.0 Å². The van der Waals surface area contributed by atoms with E-state index in [2.05, 4.69) is 15.2 Å². The minimum atomic E-state index is -0.610. The fourth-order valence-electron chi connectivity index (χ4n) is 3.47. The van der Waals surface area contributed by atoms with E-state index in [1.807, 2.05) is 67.5 Å². The van der Waals surface area contributed by atoms with Crippen LogP contribution in [-0.2, 0) is 4.79 Å². The molecule has 0 bridgehead atoms. The van der Waals surface area contributed by atoms with Crippen LogP contribution in [0.5, 0.6) is 0 Å². The molecular formula is C20H16ClN5OS. The molecule has 0 N–H and O–H groups in total. The van der Waals surface area contributed by atoms with E-state index in [9.17, 15) is 4.79 Å². The number of fused-ring (bicyclic) bond motifs is 3. The number of amides is 1. The van der Waals surface area contributed by atoms with Crippen molar-refractivity contribution in [1.82, 2.24) is 15.2 Å². The van der Waals surface area contributed by atoms with Crippen molar-refractivity contribution in [1.29, 1.82) is 0 Å². The molecule has 3 aliphatic heterocycles. The van der Waals surface area contributed by atoms with Crippen LogP contribution in [-0.4, -0.2) is 40.6 Å². The molecule has 0 radical (unpaired) electrons. The van der Waals surface area contributed by atoms with Gasteiger partial charge in [-0.05, 0) is 23.8 Å². The lowest BCUT2D eigenvalue weighted by Crippen LogP contribution is -2.56. The molecule has 1 amide bonds. The number of hydrogen-bond donors (Lipinski definition) is 0. The number of alkyl halides is 1. The molecule has 3 aliphatic rings. The molecule has 6 nitrogen and oxygen atoms in total.